The number of hydrogen-bond acceptors (Lipinski definition) is 5. The molecule has 8 atom stereocenters. The van der Waals surface area contributed by atoms with E-state index in [-0.39, 0.29) is 35.3 Å². The Hall–Kier alpha value is -2.73. The quantitative estimate of drug-likeness (QED) is 0.217. The van der Waals surface area contributed by atoms with Crippen LogP contribution in [0.2, 0.25) is 0 Å². The average molecular weight is 574 g/mol. The van der Waals surface area contributed by atoms with Crippen LogP contribution in [0.3, 0.4) is 0 Å². The summed E-state index contributed by atoms with van der Waals surface area (Å²) in [6, 6.07) is 9.74. The van der Waals surface area contributed by atoms with Gasteiger partial charge < -0.3 is 25.2 Å². The van der Waals surface area contributed by atoms with Crippen molar-refractivity contribution in [3.05, 3.63) is 96.2 Å². The van der Waals surface area contributed by atoms with Crippen molar-refractivity contribution in [1.29, 1.82) is 0 Å². The third-order valence-corrected chi connectivity index (χ3v) is 10.8. The molecule has 1 aromatic carbocycles. The second-order valence-corrected chi connectivity index (χ2v) is 13.1. The van der Waals surface area contributed by atoms with E-state index in [1.165, 1.54) is 5.57 Å². The van der Waals surface area contributed by atoms with Crippen molar-refractivity contribution in [3.63, 3.8) is 0 Å². The number of aliphatic carboxylic acids is 1. The van der Waals surface area contributed by atoms with Gasteiger partial charge in [-0.1, -0.05) is 74.2 Å². The zero-order valence-electron chi connectivity index (χ0n) is 25.2. The molecule has 5 heteroatoms. The maximum Gasteiger partial charge on any atom is 0.0839 e. The summed E-state index contributed by atoms with van der Waals surface area (Å²) in [7, 11) is 0. The highest BCUT2D eigenvalue weighted by atomic mass is 16.4. The maximum atomic E-state index is 11.8. The van der Waals surface area contributed by atoms with Crippen LogP contribution in [0.15, 0.2) is 90.6 Å². The van der Waals surface area contributed by atoms with E-state index in [0.29, 0.717) is 43.1 Å². The molecular weight excluding hydrogens is 524 g/mol. The summed E-state index contributed by atoms with van der Waals surface area (Å²) in [4.78, 5) is 11.8. The number of fused-ring (bicyclic) bond motifs is 1. The van der Waals surface area contributed by atoms with E-state index >= 15 is 0 Å². The minimum atomic E-state index is -1.19. The smallest absolute Gasteiger partial charge is 0.0839 e. The fraction of sp³-hybridized carbons (Fsp3) is 0.541. The monoisotopic (exact) mass is 573 g/mol. The van der Waals surface area contributed by atoms with Crippen LogP contribution in [-0.4, -0.2) is 40.1 Å². The zero-order valence-corrected chi connectivity index (χ0v) is 25.2. The summed E-state index contributed by atoms with van der Waals surface area (Å²) in [6.45, 7) is 14.7. The molecule has 3 aliphatic rings. The molecule has 3 N–H and O–H groups in total. The SMILES string of the molecule is C=C[C@H](CC[C@H](C(=C)C(=O)[O-])c1ccccc1)[C@H]1CC[C@H]2/C(=C/C=C3/C[C@@H](O)[C@H](CCCO)[C@H](O)C3=C)CCC[C@]12C. The van der Waals surface area contributed by atoms with E-state index in [1.807, 2.05) is 30.3 Å². The number of aliphatic hydroxyl groups is 3. The number of carboxylic acids is 1. The molecule has 228 valence electrons. The Bertz CT molecular complexity index is 1200. The lowest BCUT2D eigenvalue weighted by Gasteiger charge is -2.44. The van der Waals surface area contributed by atoms with Gasteiger partial charge in [0.05, 0.1) is 18.2 Å². The normalized spacial score (nSPS) is 32.9. The van der Waals surface area contributed by atoms with Gasteiger partial charge in [0.1, 0.15) is 0 Å². The van der Waals surface area contributed by atoms with Gasteiger partial charge in [-0.05, 0) is 110 Å². The van der Waals surface area contributed by atoms with Crippen molar-refractivity contribution in [1.82, 2.24) is 0 Å². The zero-order chi connectivity index (χ0) is 30.4. The molecule has 3 fully saturated rings. The summed E-state index contributed by atoms with van der Waals surface area (Å²) >= 11 is 0. The number of carbonyl (C=O) groups excluding carboxylic acids is 1. The van der Waals surface area contributed by atoms with Crippen molar-refractivity contribution in [3.8, 4) is 0 Å². The van der Waals surface area contributed by atoms with Crippen molar-refractivity contribution in [2.45, 2.75) is 89.3 Å². The summed E-state index contributed by atoms with van der Waals surface area (Å²) in [5.74, 6) is -0.562. The topological polar surface area (TPSA) is 101 Å². The second kappa shape index (κ2) is 14.2. The fourth-order valence-electron chi connectivity index (χ4n) is 8.42. The first-order chi connectivity index (χ1) is 20.1. The van der Waals surface area contributed by atoms with E-state index in [0.717, 1.165) is 49.7 Å². The lowest BCUT2D eigenvalue weighted by molar-refractivity contribution is -0.299. The first-order valence-corrected chi connectivity index (χ1v) is 15.8. The van der Waals surface area contributed by atoms with Crippen LogP contribution in [0.25, 0.3) is 0 Å². The van der Waals surface area contributed by atoms with Crippen LogP contribution in [-0.2, 0) is 4.79 Å². The molecule has 0 radical (unpaired) electrons. The van der Waals surface area contributed by atoms with E-state index < -0.39 is 18.2 Å². The Morgan fingerprint density at radius 3 is 2.57 bits per heavy atom. The average Bonchev–Trinajstić information content (AvgIpc) is 3.34. The summed E-state index contributed by atoms with van der Waals surface area (Å²) in [5, 5.41) is 42.5. The molecule has 4 rings (SSSR count). The van der Waals surface area contributed by atoms with Crippen molar-refractivity contribution < 1.29 is 25.2 Å². The third-order valence-electron chi connectivity index (χ3n) is 10.8. The minimum absolute atomic E-state index is 0.0494. The van der Waals surface area contributed by atoms with Crippen LogP contribution < -0.4 is 5.11 Å². The summed E-state index contributed by atoms with van der Waals surface area (Å²) in [6.07, 6.45) is 13.6. The summed E-state index contributed by atoms with van der Waals surface area (Å²) in [5.41, 5.74) is 4.25. The summed E-state index contributed by atoms with van der Waals surface area (Å²) < 4.78 is 0. The number of carbonyl (C=O) groups is 1. The molecule has 0 bridgehead atoms. The first kappa shape index (κ1) is 32.2. The molecule has 0 amide bonds. The lowest BCUT2D eigenvalue weighted by Crippen LogP contribution is -2.38. The molecular formula is C37H49O5-. The highest BCUT2D eigenvalue weighted by molar-refractivity contribution is 5.85. The van der Waals surface area contributed by atoms with Crippen molar-refractivity contribution in [2.24, 2.45) is 29.1 Å². The molecule has 0 unspecified atom stereocenters. The van der Waals surface area contributed by atoms with Crippen LogP contribution in [0.5, 0.6) is 0 Å². The van der Waals surface area contributed by atoms with Gasteiger partial charge in [0.25, 0.3) is 0 Å². The van der Waals surface area contributed by atoms with Crippen molar-refractivity contribution in [2.75, 3.05) is 6.61 Å². The van der Waals surface area contributed by atoms with E-state index in [2.05, 4.69) is 44.9 Å². The second-order valence-electron chi connectivity index (χ2n) is 13.1. The number of carboxylic acid groups (broad SMARTS) is 1. The first-order valence-electron chi connectivity index (χ1n) is 15.8. The van der Waals surface area contributed by atoms with Gasteiger partial charge in [-0.3, -0.25) is 0 Å². The minimum Gasteiger partial charge on any atom is -0.545 e. The van der Waals surface area contributed by atoms with Gasteiger partial charge in [-0.2, -0.15) is 0 Å². The number of rotatable bonds is 12. The molecule has 0 aliphatic heterocycles. The number of allylic oxidation sites excluding steroid dienone is 4. The van der Waals surface area contributed by atoms with Gasteiger partial charge >= 0.3 is 0 Å². The molecule has 3 saturated carbocycles. The Kier molecular flexibility index (Phi) is 10.9. The van der Waals surface area contributed by atoms with Crippen LogP contribution in [0.4, 0.5) is 0 Å². The van der Waals surface area contributed by atoms with Gasteiger partial charge in [0.15, 0.2) is 0 Å². The van der Waals surface area contributed by atoms with Gasteiger partial charge in [0, 0.05) is 18.4 Å². The van der Waals surface area contributed by atoms with Gasteiger partial charge in [0.2, 0.25) is 0 Å². The molecule has 0 saturated heterocycles. The number of hydrogen-bond donors (Lipinski definition) is 3. The molecule has 3 aliphatic carbocycles. The van der Waals surface area contributed by atoms with Crippen LogP contribution in [0.1, 0.15) is 82.6 Å². The maximum absolute atomic E-state index is 11.8. The van der Waals surface area contributed by atoms with Gasteiger partial charge in [-0.25, -0.2) is 0 Å². The molecule has 0 heterocycles. The van der Waals surface area contributed by atoms with E-state index in [1.54, 1.807) is 0 Å². The van der Waals surface area contributed by atoms with Crippen LogP contribution >= 0.6 is 0 Å². The molecule has 0 spiro atoms. The lowest BCUT2D eigenvalue weighted by atomic mass is 9.60. The highest BCUT2D eigenvalue weighted by Gasteiger charge is 2.51. The molecule has 5 nitrogen and oxygen atoms in total. The number of aliphatic hydroxyl groups excluding tert-OH is 3. The van der Waals surface area contributed by atoms with Crippen LogP contribution in [0, 0.1) is 29.1 Å². The fourth-order valence-corrected chi connectivity index (χ4v) is 8.42. The molecule has 0 aromatic heterocycles. The molecule has 1 aromatic rings. The largest absolute Gasteiger partial charge is 0.545 e. The standard InChI is InChI=1S/C37H50O5/c1-5-26(17-18-30(25(3)36(41)42)27-11-7-6-8-12-27)32-19-20-33-28(13-9-21-37(32,33)4)15-16-29-23-34(39)31(14-10-22-38)35(40)24(29)2/h5-8,11-12,15-16,26,30-35,38-40H,1-3,9-10,13-14,17-23H2,4H3,(H,41,42)/p-1/b28-15+,29-16-/t26-,30-,31+,32-,33+,34-,35-,37-/m1/s1. The third kappa shape index (κ3) is 6.74. The van der Waals surface area contributed by atoms with E-state index in [4.69, 9.17) is 0 Å². The van der Waals surface area contributed by atoms with E-state index in [9.17, 15) is 25.2 Å². The Morgan fingerprint density at radius 2 is 1.90 bits per heavy atom. The number of benzene rings is 1. The Balaban J connectivity index is 1.49. The van der Waals surface area contributed by atoms with Crippen molar-refractivity contribution >= 4 is 5.97 Å². The highest BCUT2D eigenvalue weighted by Crippen LogP contribution is 2.60. The Morgan fingerprint density at radius 1 is 1.17 bits per heavy atom. The predicted octanol–water partition coefficient (Wildman–Crippen LogP) is 5.80. The predicted molar refractivity (Wildman–Crippen MR) is 166 cm³/mol. The molecule has 42 heavy (non-hydrogen) atoms. The van der Waals surface area contributed by atoms with Gasteiger partial charge in [-0.15, -0.1) is 6.58 Å². The Labute approximate surface area is 252 Å².